The van der Waals surface area contributed by atoms with Crippen LogP contribution in [0.1, 0.15) is 24.5 Å². The largest absolute Gasteiger partial charge is 0.510 e. The topological polar surface area (TPSA) is 189 Å². The van der Waals surface area contributed by atoms with Crippen LogP contribution in [-0.4, -0.2) is 82.3 Å². The molecule has 0 spiro atoms. The molecule has 1 heterocycles. The molecule has 2 fully saturated rings. The maximum absolute atomic E-state index is 13.9. The normalized spacial score (nSPS) is 30.2. The predicted molar refractivity (Wildman–Crippen MR) is 130 cm³/mol. The Labute approximate surface area is 207 Å². The highest BCUT2D eigenvalue weighted by molar-refractivity contribution is 6.33. The first kappa shape index (κ1) is 24.3. The van der Waals surface area contributed by atoms with Crippen LogP contribution < -0.4 is 16.0 Å². The van der Waals surface area contributed by atoms with Crippen molar-refractivity contribution in [2.24, 2.45) is 17.6 Å². The van der Waals surface area contributed by atoms with Gasteiger partial charge in [0.1, 0.15) is 22.8 Å². The van der Waals surface area contributed by atoms with Gasteiger partial charge in [-0.25, -0.2) is 0 Å². The van der Waals surface area contributed by atoms with Gasteiger partial charge >= 0.3 is 0 Å². The Morgan fingerprint density at radius 2 is 1.97 bits per heavy atom. The number of amides is 1. The number of fused-ring (bicyclic) bond motifs is 3. The number of aromatic hydroxyl groups is 1. The van der Waals surface area contributed by atoms with Crippen LogP contribution in [0.5, 0.6) is 5.75 Å². The molecule has 0 radical (unpaired) electrons. The second-order valence-electron chi connectivity index (χ2n) is 9.69. The lowest BCUT2D eigenvalue weighted by Gasteiger charge is -2.50. The summed E-state index contributed by atoms with van der Waals surface area (Å²) in [5.41, 5.74) is 3.06. The Bertz CT molecular complexity index is 1230. The third-order valence-electron chi connectivity index (χ3n) is 7.89. The first-order valence-electron chi connectivity index (χ1n) is 12.1. The summed E-state index contributed by atoms with van der Waals surface area (Å²) >= 11 is 0. The zero-order valence-electron chi connectivity index (χ0n) is 19.9. The number of morpholine rings is 1. The zero-order chi connectivity index (χ0) is 25.9. The summed E-state index contributed by atoms with van der Waals surface area (Å²) in [7, 11) is 0. The van der Waals surface area contributed by atoms with Crippen LogP contribution in [0.25, 0.3) is 5.76 Å². The van der Waals surface area contributed by atoms with Crippen LogP contribution in [0, 0.1) is 17.2 Å². The van der Waals surface area contributed by atoms with Gasteiger partial charge in [-0.2, -0.15) is 0 Å². The number of likely N-dealkylation sites (N-methyl/N-ethyl adjacent to an activating group) is 1. The number of hydrogen-bond donors (Lipinski definition) is 7. The van der Waals surface area contributed by atoms with E-state index in [1.165, 1.54) is 6.07 Å². The summed E-state index contributed by atoms with van der Waals surface area (Å²) in [5, 5.41) is 56.1. The van der Waals surface area contributed by atoms with Gasteiger partial charge in [-0.1, -0.05) is 6.92 Å². The van der Waals surface area contributed by atoms with Crippen molar-refractivity contribution in [1.29, 1.82) is 5.41 Å². The first-order valence-corrected chi connectivity index (χ1v) is 12.1. The Balaban J connectivity index is 1.67. The quantitative estimate of drug-likeness (QED) is 0.306. The molecule has 0 aromatic heterocycles. The number of rotatable bonds is 4. The number of hydrogen-bond acceptors (Lipinski definition) is 10. The van der Waals surface area contributed by atoms with Crippen LogP contribution in [0.2, 0.25) is 0 Å². The molecule has 11 nitrogen and oxygen atoms in total. The van der Waals surface area contributed by atoms with Crippen LogP contribution >= 0.6 is 0 Å². The number of carbonyl (C=O) groups excluding carboxylic acids is 2. The molecule has 11 heteroatoms. The third kappa shape index (κ3) is 3.26. The molecule has 192 valence electrons. The molecule has 1 amide bonds. The van der Waals surface area contributed by atoms with Crippen molar-refractivity contribution in [2.75, 3.05) is 37.7 Å². The number of phenols is 1. The Morgan fingerprint density at radius 3 is 2.61 bits per heavy atom. The van der Waals surface area contributed by atoms with E-state index in [1.54, 1.807) is 13.0 Å². The summed E-state index contributed by atoms with van der Waals surface area (Å²) in [4.78, 5) is 28.1. The van der Waals surface area contributed by atoms with E-state index in [1.807, 2.05) is 0 Å². The number of aliphatic hydroxyl groups is 3. The Kier molecular flexibility index (Phi) is 5.81. The van der Waals surface area contributed by atoms with Crippen molar-refractivity contribution in [3.05, 3.63) is 40.2 Å². The summed E-state index contributed by atoms with van der Waals surface area (Å²) in [6.45, 7) is 4.47. The minimum atomic E-state index is -2.49. The fourth-order valence-corrected chi connectivity index (χ4v) is 6.27. The highest BCUT2D eigenvalue weighted by Crippen LogP contribution is 2.52. The monoisotopic (exact) mass is 498 g/mol. The van der Waals surface area contributed by atoms with E-state index in [2.05, 4.69) is 10.2 Å². The molecule has 8 N–H and O–H groups in total. The number of ether oxygens (including phenoxy) is 1. The lowest BCUT2D eigenvalue weighted by Crippen LogP contribution is -2.67. The first-order chi connectivity index (χ1) is 17.1. The van der Waals surface area contributed by atoms with Gasteiger partial charge in [-0.15, -0.1) is 0 Å². The van der Waals surface area contributed by atoms with Crippen LogP contribution in [0.4, 0.5) is 5.69 Å². The van der Waals surface area contributed by atoms with Crippen LogP contribution in [0.3, 0.4) is 0 Å². The number of ketones is 1. The summed E-state index contributed by atoms with van der Waals surface area (Å²) in [6.07, 6.45) is 0.433. The maximum atomic E-state index is 13.9. The van der Waals surface area contributed by atoms with Gasteiger partial charge in [0.2, 0.25) is 5.78 Å². The van der Waals surface area contributed by atoms with E-state index >= 15 is 0 Å². The van der Waals surface area contributed by atoms with Crippen molar-refractivity contribution in [1.82, 2.24) is 5.32 Å². The summed E-state index contributed by atoms with van der Waals surface area (Å²) in [5.74, 6) is -4.72. The zero-order valence-corrected chi connectivity index (χ0v) is 19.9. The van der Waals surface area contributed by atoms with Crippen LogP contribution in [-0.2, 0) is 20.7 Å². The number of primary amides is 1. The lowest BCUT2D eigenvalue weighted by atomic mass is 9.57. The summed E-state index contributed by atoms with van der Waals surface area (Å²) < 4.78 is 5.45. The molecular formula is C25H30N4O7. The minimum absolute atomic E-state index is 0.0964. The fourth-order valence-electron chi connectivity index (χ4n) is 6.27. The number of phenolic OH excluding ortho intramolecular Hbond substituents is 1. The van der Waals surface area contributed by atoms with Crippen molar-refractivity contribution in [2.45, 2.75) is 31.4 Å². The molecule has 5 rings (SSSR count). The van der Waals surface area contributed by atoms with Gasteiger partial charge in [0.15, 0.2) is 5.60 Å². The van der Waals surface area contributed by atoms with Crippen molar-refractivity contribution in [3.8, 4) is 5.75 Å². The van der Waals surface area contributed by atoms with Gasteiger partial charge in [0, 0.05) is 30.3 Å². The van der Waals surface area contributed by atoms with E-state index in [4.69, 9.17) is 15.9 Å². The van der Waals surface area contributed by atoms with E-state index in [0.29, 0.717) is 44.8 Å². The average molecular weight is 499 g/mol. The minimum Gasteiger partial charge on any atom is -0.510 e. The number of benzene rings is 1. The molecule has 0 bridgehead atoms. The van der Waals surface area contributed by atoms with Gasteiger partial charge < -0.3 is 46.5 Å². The van der Waals surface area contributed by atoms with E-state index in [0.717, 1.165) is 5.69 Å². The number of nitrogens with zero attached hydrogens (tertiary/aromatic N) is 1. The van der Waals surface area contributed by atoms with E-state index in [9.17, 15) is 30.0 Å². The highest BCUT2D eigenvalue weighted by atomic mass is 16.5. The number of anilines is 1. The number of nitrogens with one attached hydrogen (secondary N) is 2. The van der Waals surface area contributed by atoms with Crippen molar-refractivity contribution >= 4 is 28.8 Å². The molecule has 36 heavy (non-hydrogen) atoms. The smallest absolute Gasteiger partial charge is 0.254 e. The van der Waals surface area contributed by atoms with E-state index < -0.39 is 58.0 Å². The SMILES string of the molecule is CCN[C@H]1C(O)=C(C(N)=O)C(=N)[C@@]2(O)C(=O)C3=C(O)c4c(O)ccc(N5CCOCC5)c4C[C@H]3C[C@@H]12. The molecule has 1 aromatic rings. The molecule has 1 aromatic carbocycles. The van der Waals surface area contributed by atoms with Crippen molar-refractivity contribution < 1.29 is 34.8 Å². The predicted octanol–water partition coefficient (Wildman–Crippen LogP) is 0.299. The van der Waals surface area contributed by atoms with Gasteiger partial charge in [0.25, 0.3) is 5.91 Å². The fraction of sp³-hybridized carbons (Fsp3) is 0.480. The van der Waals surface area contributed by atoms with Gasteiger partial charge in [-0.05, 0) is 43.0 Å². The average Bonchev–Trinajstić information content (AvgIpc) is 2.84. The Morgan fingerprint density at radius 1 is 1.28 bits per heavy atom. The number of Topliss-reactive ketones (excluding diaryl/α,β-unsaturated/α-hetero) is 1. The van der Waals surface area contributed by atoms with Gasteiger partial charge in [-0.3, -0.25) is 9.59 Å². The second kappa shape index (κ2) is 8.61. The lowest BCUT2D eigenvalue weighted by molar-refractivity contribution is -0.137. The van der Waals surface area contributed by atoms with Crippen LogP contribution in [0.15, 0.2) is 29.0 Å². The van der Waals surface area contributed by atoms with Gasteiger partial charge in [0.05, 0.1) is 30.5 Å². The molecule has 3 aliphatic carbocycles. The molecule has 4 atom stereocenters. The number of aliphatic hydroxyl groups excluding tert-OH is 2. The number of carbonyl (C=O) groups is 2. The molecular weight excluding hydrogens is 468 g/mol. The number of nitrogens with two attached hydrogens (primary N) is 1. The molecule has 0 unspecified atom stereocenters. The molecule has 4 aliphatic rings. The third-order valence-corrected chi connectivity index (χ3v) is 7.89. The Hall–Kier alpha value is -3.41. The second-order valence-corrected chi connectivity index (χ2v) is 9.69. The van der Waals surface area contributed by atoms with E-state index in [-0.39, 0.29) is 23.3 Å². The highest BCUT2D eigenvalue weighted by Gasteiger charge is 2.62. The molecule has 1 saturated carbocycles. The maximum Gasteiger partial charge on any atom is 0.254 e. The van der Waals surface area contributed by atoms with Crippen molar-refractivity contribution in [3.63, 3.8) is 0 Å². The molecule has 1 aliphatic heterocycles. The standard InChI is InChI=1S/C25H30N4O7/c1-2-28-19-13-10-11-9-12-14(29-5-7-36-8-6-29)3-4-15(30)17(12)20(31)16(11)23(33)25(13,35)22(26)18(21(19)32)24(27)34/h3-4,11,13,19,26,28,30-32,35H,2,5-10H2,1H3,(H2,27,34)/t11-,13-,19+,25+/m0/s1. The summed E-state index contributed by atoms with van der Waals surface area (Å²) in [6, 6.07) is 2.25. The molecule has 1 saturated heterocycles.